The topological polar surface area (TPSA) is 55.0 Å². The van der Waals surface area contributed by atoms with Gasteiger partial charge < -0.3 is 10.6 Å². The fourth-order valence-electron chi connectivity index (χ4n) is 1.91. The highest BCUT2D eigenvalue weighted by atomic mass is 32.1. The van der Waals surface area contributed by atoms with Crippen molar-refractivity contribution in [3.63, 3.8) is 0 Å². The van der Waals surface area contributed by atoms with Gasteiger partial charge in [-0.3, -0.25) is 0 Å². The zero-order chi connectivity index (χ0) is 9.42. The predicted molar refractivity (Wildman–Crippen MR) is 54.9 cm³/mol. The van der Waals surface area contributed by atoms with E-state index in [1.54, 1.807) is 0 Å². The molecule has 0 amide bonds. The molecule has 1 fully saturated rings. The minimum Gasteiger partial charge on any atom is -0.367 e. The van der Waals surface area contributed by atoms with Crippen molar-refractivity contribution in [2.45, 2.75) is 26.3 Å². The Morgan fingerprint density at radius 1 is 1.54 bits per heavy atom. The summed E-state index contributed by atoms with van der Waals surface area (Å²) in [6.07, 6.45) is 1.24. The smallest absolute Gasteiger partial charge is 0.233 e. The van der Waals surface area contributed by atoms with Crippen molar-refractivity contribution in [3.05, 3.63) is 0 Å². The molecule has 13 heavy (non-hydrogen) atoms. The number of nitrogens with zero attached hydrogens (tertiary/aromatic N) is 3. The molecular weight excluding hydrogens is 184 g/mol. The average molecular weight is 198 g/mol. The summed E-state index contributed by atoms with van der Waals surface area (Å²) in [5, 5.41) is 0.967. The van der Waals surface area contributed by atoms with Crippen molar-refractivity contribution in [1.29, 1.82) is 0 Å². The van der Waals surface area contributed by atoms with Crippen LogP contribution < -0.4 is 10.6 Å². The molecule has 1 aliphatic rings. The van der Waals surface area contributed by atoms with E-state index in [4.69, 9.17) is 5.73 Å². The highest BCUT2D eigenvalue weighted by Gasteiger charge is 2.28. The lowest BCUT2D eigenvalue weighted by atomic mass is 10.1. The second-order valence-corrected chi connectivity index (χ2v) is 4.51. The third-order valence-corrected chi connectivity index (χ3v) is 3.23. The molecule has 0 aromatic carbocycles. The van der Waals surface area contributed by atoms with Crippen LogP contribution >= 0.6 is 11.5 Å². The van der Waals surface area contributed by atoms with Crippen molar-refractivity contribution in [2.75, 3.05) is 17.2 Å². The first-order valence-corrected chi connectivity index (χ1v) is 5.30. The van der Waals surface area contributed by atoms with Gasteiger partial charge in [-0.1, -0.05) is 6.92 Å². The second kappa shape index (κ2) is 3.14. The minimum atomic E-state index is 0.395. The molecule has 2 unspecified atom stereocenters. The lowest BCUT2D eigenvalue weighted by molar-refractivity contribution is 0.625. The summed E-state index contributed by atoms with van der Waals surface area (Å²) in [4.78, 5) is 6.48. The number of rotatable bonds is 1. The van der Waals surface area contributed by atoms with Gasteiger partial charge in [0.15, 0.2) is 0 Å². The molecule has 2 N–H and O–H groups in total. The van der Waals surface area contributed by atoms with Crippen molar-refractivity contribution in [3.8, 4) is 0 Å². The summed E-state index contributed by atoms with van der Waals surface area (Å²) in [7, 11) is 0. The highest BCUT2D eigenvalue weighted by molar-refractivity contribution is 7.09. The van der Waals surface area contributed by atoms with Crippen LogP contribution in [0.15, 0.2) is 0 Å². The van der Waals surface area contributed by atoms with Crippen LogP contribution in [-0.4, -0.2) is 21.9 Å². The number of nitrogens with two attached hydrogens (primary N) is 1. The highest BCUT2D eigenvalue weighted by Crippen LogP contribution is 2.29. The van der Waals surface area contributed by atoms with Gasteiger partial charge in [0, 0.05) is 24.1 Å². The predicted octanol–water partition coefficient (Wildman–Crippen LogP) is 1.35. The maximum atomic E-state index is 5.49. The maximum Gasteiger partial charge on any atom is 0.233 e. The first-order chi connectivity index (χ1) is 6.16. The molecular formula is C8H14N4S. The van der Waals surface area contributed by atoms with Gasteiger partial charge in [-0.15, -0.1) is 0 Å². The fraction of sp³-hybridized carbons (Fsp3) is 0.750. The molecule has 5 heteroatoms. The van der Waals surface area contributed by atoms with Gasteiger partial charge in [0.1, 0.15) is 0 Å². The zero-order valence-corrected chi connectivity index (χ0v) is 8.71. The number of aromatic nitrogens is 2. The van der Waals surface area contributed by atoms with Crippen LogP contribution in [0.1, 0.15) is 20.3 Å². The van der Waals surface area contributed by atoms with Crippen molar-refractivity contribution < 1.29 is 0 Å². The van der Waals surface area contributed by atoms with Crippen LogP contribution in [-0.2, 0) is 0 Å². The molecule has 2 heterocycles. The zero-order valence-electron chi connectivity index (χ0n) is 7.90. The molecule has 0 aliphatic carbocycles. The molecule has 1 aliphatic heterocycles. The van der Waals surface area contributed by atoms with Gasteiger partial charge in [-0.05, 0) is 19.3 Å². The number of nitrogen functional groups attached to an aromatic ring is 1. The summed E-state index contributed by atoms with van der Waals surface area (Å²) in [5.74, 6) is 1.15. The Balaban J connectivity index is 2.17. The van der Waals surface area contributed by atoms with Crippen LogP contribution in [0.25, 0.3) is 0 Å². The molecule has 2 atom stereocenters. The molecule has 2 rings (SSSR count). The molecule has 1 aromatic rings. The van der Waals surface area contributed by atoms with Crippen LogP contribution in [0, 0.1) is 5.92 Å². The molecule has 1 aromatic heterocycles. The SMILES string of the molecule is CC1CC(C)N(c2nc(N)ns2)C1. The summed E-state index contributed by atoms with van der Waals surface area (Å²) >= 11 is 1.39. The molecule has 0 saturated carbocycles. The van der Waals surface area contributed by atoms with Gasteiger partial charge in [0.25, 0.3) is 0 Å². The normalized spacial score (nSPS) is 28.3. The lowest BCUT2D eigenvalue weighted by Gasteiger charge is -2.19. The quantitative estimate of drug-likeness (QED) is 0.740. The van der Waals surface area contributed by atoms with E-state index in [0.717, 1.165) is 17.6 Å². The van der Waals surface area contributed by atoms with Crippen molar-refractivity contribution >= 4 is 22.6 Å². The van der Waals surface area contributed by atoms with E-state index < -0.39 is 0 Å². The largest absolute Gasteiger partial charge is 0.367 e. The van der Waals surface area contributed by atoms with Crippen molar-refractivity contribution in [1.82, 2.24) is 9.36 Å². The number of hydrogen-bond acceptors (Lipinski definition) is 5. The molecule has 0 spiro atoms. The van der Waals surface area contributed by atoms with Crippen LogP contribution in [0.2, 0.25) is 0 Å². The van der Waals surface area contributed by atoms with Gasteiger partial charge in [-0.2, -0.15) is 9.36 Å². The Hall–Kier alpha value is -0.840. The molecule has 4 nitrogen and oxygen atoms in total. The van der Waals surface area contributed by atoms with E-state index in [1.807, 2.05) is 0 Å². The van der Waals surface area contributed by atoms with Crippen LogP contribution in [0.4, 0.5) is 11.1 Å². The lowest BCUT2D eigenvalue weighted by Crippen LogP contribution is -2.26. The minimum absolute atomic E-state index is 0.395. The van der Waals surface area contributed by atoms with Gasteiger partial charge in [0.05, 0.1) is 0 Å². The monoisotopic (exact) mass is 198 g/mol. The van der Waals surface area contributed by atoms with E-state index in [-0.39, 0.29) is 0 Å². The van der Waals surface area contributed by atoms with E-state index in [0.29, 0.717) is 12.0 Å². The van der Waals surface area contributed by atoms with Gasteiger partial charge in [-0.25, -0.2) is 0 Å². The van der Waals surface area contributed by atoms with Crippen molar-refractivity contribution in [2.24, 2.45) is 5.92 Å². The Morgan fingerprint density at radius 3 is 2.77 bits per heavy atom. The summed E-state index contributed by atoms with van der Waals surface area (Å²) in [6.45, 7) is 5.57. The van der Waals surface area contributed by atoms with E-state index in [2.05, 4.69) is 28.1 Å². The van der Waals surface area contributed by atoms with Gasteiger partial charge in [0.2, 0.25) is 11.1 Å². The van der Waals surface area contributed by atoms with E-state index in [1.165, 1.54) is 18.0 Å². The third-order valence-electron chi connectivity index (χ3n) is 2.46. The molecule has 0 radical (unpaired) electrons. The standard InChI is InChI=1S/C8H14N4S/c1-5-3-6(2)12(4-5)8-10-7(9)11-13-8/h5-6H,3-4H2,1-2H3,(H2,9,11). The van der Waals surface area contributed by atoms with E-state index >= 15 is 0 Å². The Kier molecular flexibility index (Phi) is 2.11. The Bertz CT molecular complexity index is 298. The van der Waals surface area contributed by atoms with Crippen LogP contribution in [0.5, 0.6) is 0 Å². The number of hydrogen-bond donors (Lipinski definition) is 1. The first kappa shape index (κ1) is 8.74. The van der Waals surface area contributed by atoms with Crippen LogP contribution in [0.3, 0.4) is 0 Å². The first-order valence-electron chi connectivity index (χ1n) is 4.52. The second-order valence-electron chi connectivity index (χ2n) is 3.78. The maximum absolute atomic E-state index is 5.49. The summed E-state index contributed by atoms with van der Waals surface area (Å²) in [5.41, 5.74) is 5.49. The van der Waals surface area contributed by atoms with Gasteiger partial charge >= 0.3 is 0 Å². The molecule has 0 bridgehead atoms. The molecule has 1 saturated heterocycles. The Morgan fingerprint density at radius 2 is 2.31 bits per heavy atom. The average Bonchev–Trinajstić information content (AvgIpc) is 2.58. The molecule has 72 valence electrons. The third kappa shape index (κ3) is 1.60. The summed E-state index contributed by atoms with van der Waals surface area (Å²) in [6, 6.07) is 0.572. The van der Waals surface area contributed by atoms with E-state index in [9.17, 15) is 0 Å². The Labute approximate surface area is 81.9 Å². The fourth-order valence-corrected chi connectivity index (χ4v) is 2.62. The summed E-state index contributed by atoms with van der Waals surface area (Å²) < 4.78 is 3.99. The number of anilines is 2.